The molecule has 210 valence electrons. The van der Waals surface area contributed by atoms with E-state index in [2.05, 4.69) is 10.3 Å². The Hall–Kier alpha value is -4.03. The predicted octanol–water partition coefficient (Wildman–Crippen LogP) is 1.75. The normalized spacial score (nSPS) is 16.4. The molecule has 2 saturated heterocycles. The van der Waals surface area contributed by atoms with E-state index in [0.29, 0.717) is 42.3 Å². The highest BCUT2D eigenvalue weighted by molar-refractivity contribution is 6.30. The van der Waals surface area contributed by atoms with Crippen LogP contribution in [0.4, 0.5) is 14.9 Å². The van der Waals surface area contributed by atoms with Crippen molar-refractivity contribution in [2.45, 2.75) is 25.7 Å². The molecule has 3 aromatic rings. The zero-order valence-corrected chi connectivity index (χ0v) is 22.7. The summed E-state index contributed by atoms with van der Waals surface area (Å²) in [6, 6.07) is 9.74. The molecule has 2 aliphatic heterocycles. The van der Waals surface area contributed by atoms with Gasteiger partial charge in [-0.05, 0) is 36.8 Å². The molecule has 4 amide bonds. The third kappa shape index (κ3) is 5.50. The van der Waals surface area contributed by atoms with E-state index in [-0.39, 0.29) is 36.9 Å². The van der Waals surface area contributed by atoms with Gasteiger partial charge >= 0.3 is 6.03 Å². The van der Waals surface area contributed by atoms with E-state index in [1.807, 2.05) is 0 Å². The minimum atomic E-state index is -1.47. The van der Waals surface area contributed by atoms with Crippen molar-refractivity contribution >= 4 is 46.2 Å². The molecule has 2 aliphatic rings. The van der Waals surface area contributed by atoms with Gasteiger partial charge in [-0.2, -0.15) is 0 Å². The molecule has 40 heavy (non-hydrogen) atoms. The Kier molecular flexibility index (Phi) is 7.47. The van der Waals surface area contributed by atoms with E-state index >= 15 is 0 Å². The molecule has 1 aromatic carbocycles. The quantitative estimate of drug-likeness (QED) is 0.424. The standard InChI is InChI=1S/C27H29ClFN7O4/c1-27(29)15-34(16-27)22(37)14-36-23-18(10-20(13-31-23)35-9-8-33(7-6-30)26(35)40)11-21(25(36)39)24(38)32-12-17-2-4-19(28)5-3-17/h2-5,10-11,13H,6-9,12,14-16,30H2,1H3,(H,32,38). The predicted molar refractivity (Wildman–Crippen MR) is 148 cm³/mol. The summed E-state index contributed by atoms with van der Waals surface area (Å²) in [4.78, 5) is 61.3. The number of fused-ring (bicyclic) bond motifs is 1. The highest BCUT2D eigenvalue weighted by Crippen LogP contribution is 2.26. The van der Waals surface area contributed by atoms with Crippen LogP contribution in [0.15, 0.2) is 47.4 Å². The summed E-state index contributed by atoms with van der Waals surface area (Å²) in [6.07, 6.45) is 1.45. The number of carbonyl (C=O) groups is 3. The number of urea groups is 1. The minimum absolute atomic E-state index is 0.0757. The van der Waals surface area contributed by atoms with Crippen LogP contribution in [0.2, 0.25) is 5.02 Å². The molecule has 5 rings (SSSR count). The lowest BCUT2D eigenvalue weighted by atomic mass is 9.99. The van der Waals surface area contributed by atoms with Gasteiger partial charge in [0.25, 0.3) is 11.5 Å². The number of alkyl halides is 1. The second-order valence-electron chi connectivity index (χ2n) is 10.2. The summed E-state index contributed by atoms with van der Waals surface area (Å²) in [5, 5.41) is 3.68. The first-order valence-electron chi connectivity index (χ1n) is 12.9. The lowest BCUT2D eigenvalue weighted by Crippen LogP contribution is -2.60. The van der Waals surface area contributed by atoms with Crippen molar-refractivity contribution in [1.82, 2.24) is 24.7 Å². The van der Waals surface area contributed by atoms with E-state index < -0.39 is 29.6 Å². The van der Waals surface area contributed by atoms with E-state index in [4.69, 9.17) is 17.3 Å². The molecule has 11 nitrogen and oxygen atoms in total. The van der Waals surface area contributed by atoms with Crippen LogP contribution in [0, 0.1) is 0 Å². The van der Waals surface area contributed by atoms with Gasteiger partial charge in [-0.15, -0.1) is 0 Å². The maximum absolute atomic E-state index is 14.0. The van der Waals surface area contributed by atoms with Crippen molar-refractivity contribution in [2.24, 2.45) is 5.73 Å². The third-order valence-electron chi connectivity index (χ3n) is 7.02. The Balaban J connectivity index is 1.49. The molecule has 3 N–H and O–H groups in total. The molecule has 0 radical (unpaired) electrons. The monoisotopic (exact) mass is 569 g/mol. The van der Waals surface area contributed by atoms with Gasteiger partial charge in [0.05, 0.1) is 25.0 Å². The fraction of sp³-hybridized carbons (Fsp3) is 0.370. The molecule has 0 atom stereocenters. The maximum Gasteiger partial charge on any atom is 0.324 e. The number of nitrogens with two attached hydrogens (primary N) is 1. The van der Waals surface area contributed by atoms with Crippen molar-refractivity contribution in [3.8, 4) is 0 Å². The second kappa shape index (κ2) is 10.9. The number of aromatic nitrogens is 2. The summed E-state index contributed by atoms with van der Waals surface area (Å²) in [5.74, 6) is -1.10. The fourth-order valence-electron chi connectivity index (χ4n) is 4.94. The molecule has 4 heterocycles. The van der Waals surface area contributed by atoms with Crippen molar-refractivity contribution in [2.75, 3.05) is 44.2 Å². The minimum Gasteiger partial charge on any atom is -0.348 e. The van der Waals surface area contributed by atoms with Crippen LogP contribution in [0.1, 0.15) is 22.8 Å². The molecule has 0 aliphatic carbocycles. The number of hydrogen-bond donors (Lipinski definition) is 2. The Morgan fingerprint density at radius 3 is 2.55 bits per heavy atom. The summed E-state index contributed by atoms with van der Waals surface area (Å²) < 4.78 is 15.1. The fourth-order valence-corrected chi connectivity index (χ4v) is 5.06. The molecule has 0 unspecified atom stereocenters. The van der Waals surface area contributed by atoms with Crippen LogP contribution < -0.4 is 21.5 Å². The average molecular weight is 570 g/mol. The van der Waals surface area contributed by atoms with Gasteiger partial charge in [-0.25, -0.2) is 14.2 Å². The molecule has 0 bridgehead atoms. The van der Waals surface area contributed by atoms with E-state index in [1.54, 1.807) is 40.1 Å². The number of rotatable bonds is 8. The molecule has 2 fully saturated rings. The van der Waals surface area contributed by atoms with E-state index in [1.165, 1.54) is 24.1 Å². The van der Waals surface area contributed by atoms with Gasteiger partial charge in [0.15, 0.2) is 0 Å². The number of hydrogen-bond acceptors (Lipinski definition) is 6. The van der Waals surface area contributed by atoms with E-state index in [0.717, 1.165) is 10.1 Å². The largest absolute Gasteiger partial charge is 0.348 e. The zero-order valence-electron chi connectivity index (χ0n) is 21.9. The van der Waals surface area contributed by atoms with E-state index in [9.17, 15) is 23.6 Å². The van der Waals surface area contributed by atoms with Gasteiger partial charge in [0.2, 0.25) is 5.91 Å². The summed E-state index contributed by atoms with van der Waals surface area (Å²) in [7, 11) is 0. The smallest absolute Gasteiger partial charge is 0.324 e. The number of pyridine rings is 2. The number of nitrogens with zero attached hydrogens (tertiary/aromatic N) is 5. The summed E-state index contributed by atoms with van der Waals surface area (Å²) in [6.45, 7) is 2.67. The first kappa shape index (κ1) is 27.5. The number of nitrogens with one attached hydrogen (secondary N) is 1. The van der Waals surface area contributed by atoms with Crippen molar-refractivity contribution in [3.05, 3.63) is 69.1 Å². The van der Waals surface area contributed by atoms with Crippen LogP contribution in [-0.4, -0.2) is 82.1 Å². The van der Waals surface area contributed by atoms with Crippen LogP contribution >= 0.6 is 11.6 Å². The van der Waals surface area contributed by atoms with Gasteiger partial charge in [0, 0.05) is 43.1 Å². The van der Waals surface area contributed by atoms with Gasteiger partial charge in [0.1, 0.15) is 23.4 Å². The number of likely N-dealkylation sites (tertiary alicyclic amines) is 1. The highest BCUT2D eigenvalue weighted by Gasteiger charge is 2.41. The number of benzene rings is 1. The van der Waals surface area contributed by atoms with Crippen LogP contribution in [0.5, 0.6) is 0 Å². The number of carbonyl (C=O) groups excluding carboxylic acids is 3. The van der Waals surface area contributed by atoms with Crippen LogP contribution in [-0.2, 0) is 17.9 Å². The zero-order chi connectivity index (χ0) is 28.6. The van der Waals surface area contributed by atoms with Crippen molar-refractivity contribution < 1.29 is 18.8 Å². The highest BCUT2D eigenvalue weighted by atomic mass is 35.5. The Morgan fingerprint density at radius 2 is 1.88 bits per heavy atom. The molecular formula is C27H29ClFN7O4. The van der Waals surface area contributed by atoms with Gasteiger partial charge in [-0.1, -0.05) is 23.7 Å². The lowest BCUT2D eigenvalue weighted by Gasteiger charge is -2.42. The summed E-state index contributed by atoms with van der Waals surface area (Å²) in [5.41, 5.74) is 4.68. The molecule has 0 saturated carbocycles. The van der Waals surface area contributed by atoms with Crippen molar-refractivity contribution in [3.63, 3.8) is 0 Å². The van der Waals surface area contributed by atoms with Gasteiger partial charge in [-0.3, -0.25) is 23.9 Å². The molecule has 0 spiro atoms. The Labute approximate surface area is 234 Å². The topological polar surface area (TPSA) is 134 Å². The maximum atomic E-state index is 14.0. The SMILES string of the molecule is CC1(F)CN(C(=O)Cn2c(=O)c(C(=O)NCc3ccc(Cl)cc3)cc3cc(N4CCN(CCN)C4=O)cnc32)C1. The average Bonchev–Trinajstić information content (AvgIpc) is 3.27. The molecular weight excluding hydrogens is 541 g/mol. The number of amides is 4. The summed E-state index contributed by atoms with van der Waals surface area (Å²) >= 11 is 5.93. The first-order valence-corrected chi connectivity index (χ1v) is 13.2. The van der Waals surface area contributed by atoms with Gasteiger partial charge < -0.3 is 20.9 Å². The Bertz CT molecular complexity index is 1530. The third-order valence-corrected chi connectivity index (χ3v) is 7.27. The molecule has 2 aromatic heterocycles. The Morgan fingerprint density at radius 1 is 1.15 bits per heavy atom. The lowest BCUT2D eigenvalue weighted by molar-refractivity contribution is -0.144. The van der Waals surface area contributed by atoms with Crippen LogP contribution in [0.25, 0.3) is 11.0 Å². The molecule has 13 heteroatoms. The van der Waals surface area contributed by atoms with Crippen molar-refractivity contribution in [1.29, 1.82) is 0 Å². The van der Waals surface area contributed by atoms with Crippen LogP contribution in [0.3, 0.4) is 0 Å². The number of halogens is 2. The first-order chi connectivity index (χ1) is 19.1. The second-order valence-corrected chi connectivity index (χ2v) is 10.7. The number of anilines is 1.